The number of fused-ring (bicyclic) bond motifs is 12. The maximum Gasteiger partial charge on any atom is 0.143 e. The monoisotopic (exact) mass is 996 g/mol. The molecule has 16 rings (SSSR count). The van der Waals surface area contributed by atoms with Gasteiger partial charge in [0.1, 0.15) is 22.3 Å². The summed E-state index contributed by atoms with van der Waals surface area (Å²) in [5.41, 5.74) is 6.69. The molecule has 0 saturated heterocycles. The van der Waals surface area contributed by atoms with Crippen molar-refractivity contribution in [3.8, 4) is 39.1 Å². The van der Waals surface area contributed by atoms with Crippen LogP contribution in [0.3, 0.4) is 0 Å². The minimum atomic E-state index is -2.57. The summed E-state index contributed by atoms with van der Waals surface area (Å²) in [5, 5.41) is 5.64. The van der Waals surface area contributed by atoms with E-state index in [1.165, 1.54) is 0 Å². The molecule has 15 aromatic rings. The van der Waals surface area contributed by atoms with Crippen LogP contribution in [0.1, 0.15) is 41.4 Å². The molecule has 0 fully saturated rings. The van der Waals surface area contributed by atoms with Crippen LogP contribution in [0, 0.1) is 0 Å². The molecule has 360 valence electrons. The van der Waals surface area contributed by atoms with Crippen molar-refractivity contribution in [3.05, 3.63) is 301 Å². The van der Waals surface area contributed by atoms with Crippen LogP contribution >= 0.6 is 0 Å². The predicted octanol–water partition coefficient (Wildman–Crippen LogP) is 19.7. The average Bonchev–Trinajstić information content (AvgIpc) is 1.53. The molecule has 3 aromatic heterocycles. The Bertz CT molecular complexity index is 5390. The zero-order valence-electron chi connectivity index (χ0n) is 54.7. The molecule has 12 aromatic carbocycles. The van der Waals surface area contributed by atoms with E-state index >= 15 is 0 Å². The summed E-state index contributed by atoms with van der Waals surface area (Å²) in [5.74, 6) is 0. The highest BCUT2D eigenvalue weighted by Crippen LogP contribution is 2.58. The number of anilines is 3. The Morgan fingerprint density at radius 3 is 1.47 bits per heavy atom. The van der Waals surface area contributed by atoms with E-state index in [2.05, 4.69) is 77.7 Å². The van der Waals surface area contributed by atoms with Crippen LogP contribution in [0.4, 0.5) is 17.1 Å². The lowest BCUT2D eigenvalue weighted by Gasteiger charge is -2.34. The van der Waals surface area contributed by atoms with Crippen molar-refractivity contribution >= 4 is 82.7 Å². The first-order valence-electron chi connectivity index (χ1n) is 32.3. The lowest BCUT2D eigenvalue weighted by Crippen LogP contribution is -2.28. The first-order valence-corrected chi connectivity index (χ1v) is 25.3. The molecule has 0 atom stereocenters. The first kappa shape index (κ1) is 31.5. The number of furan rings is 2. The van der Waals surface area contributed by atoms with Gasteiger partial charge < -0.3 is 18.3 Å². The topological polar surface area (TPSA) is 34.5 Å². The van der Waals surface area contributed by atoms with E-state index in [1.807, 2.05) is 108 Å². The first-order chi connectivity index (χ1) is 44.0. The van der Waals surface area contributed by atoms with Gasteiger partial charge in [0.25, 0.3) is 0 Å². The van der Waals surface area contributed by atoms with Gasteiger partial charge in [0.15, 0.2) is 0 Å². The van der Waals surface area contributed by atoms with E-state index in [-0.39, 0.29) is 22.3 Å². The second-order valence-corrected chi connectivity index (χ2v) is 19.2. The highest BCUT2D eigenvalue weighted by Gasteiger charge is 2.47. The molecule has 0 saturated carbocycles. The van der Waals surface area contributed by atoms with E-state index in [1.54, 1.807) is 18.2 Å². The summed E-state index contributed by atoms with van der Waals surface area (Å²) in [7, 11) is 0. The van der Waals surface area contributed by atoms with E-state index in [4.69, 9.17) is 17.1 Å². The number of hydrogen-bond acceptors (Lipinski definition) is 3. The van der Waals surface area contributed by atoms with Crippen molar-refractivity contribution in [3.63, 3.8) is 0 Å². The van der Waals surface area contributed by atoms with E-state index in [0.29, 0.717) is 22.4 Å². The number of hydrogen-bond donors (Lipinski definition) is 0. The minimum Gasteiger partial charge on any atom is -0.455 e. The van der Waals surface area contributed by atoms with Crippen molar-refractivity contribution in [1.29, 1.82) is 0 Å². The molecule has 0 spiro atoms. The second kappa shape index (κ2) is 16.9. The third-order valence-electron chi connectivity index (χ3n) is 15.3. The van der Waals surface area contributed by atoms with Gasteiger partial charge in [0.2, 0.25) is 0 Å². The van der Waals surface area contributed by atoms with Gasteiger partial charge >= 0.3 is 0 Å². The van der Waals surface area contributed by atoms with Crippen LogP contribution in [0.25, 0.3) is 105 Å². The molecular formula is C73H46N2O2. The normalized spacial score (nSPS) is 15.3. The number of benzene rings is 12. The van der Waals surface area contributed by atoms with Crippen LogP contribution in [-0.2, 0) is 5.41 Å². The fourth-order valence-corrected chi connectivity index (χ4v) is 12.1. The Hall–Kier alpha value is -10.2. The zero-order chi connectivity index (χ0) is 62.8. The van der Waals surface area contributed by atoms with Gasteiger partial charge in [0.05, 0.1) is 41.3 Å². The van der Waals surface area contributed by atoms with Crippen molar-refractivity contribution in [1.82, 2.24) is 4.57 Å². The van der Waals surface area contributed by atoms with E-state index < -0.39 is 101 Å². The van der Waals surface area contributed by atoms with Gasteiger partial charge in [-0.25, -0.2) is 0 Å². The smallest absolute Gasteiger partial charge is 0.143 e. The molecule has 0 N–H and O–H groups in total. The van der Waals surface area contributed by atoms with Crippen LogP contribution in [0.2, 0.25) is 0 Å². The highest BCUT2D eigenvalue weighted by molar-refractivity contribution is 6.13. The van der Waals surface area contributed by atoms with Crippen molar-refractivity contribution in [2.45, 2.75) is 5.41 Å². The molecule has 0 amide bonds. The third kappa shape index (κ3) is 6.40. The van der Waals surface area contributed by atoms with Gasteiger partial charge in [-0.05, 0) is 99.6 Å². The third-order valence-corrected chi connectivity index (χ3v) is 15.3. The molecule has 4 nitrogen and oxygen atoms in total. The average molecular weight is 997 g/mol. The summed E-state index contributed by atoms with van der Waals surface area (Å²) >= 11 is 0. The summed E-state index contributed by atoms with van der Waals surface area (Å²) in [6.45, 7) is 0. The molecule has 77 heavy (non-hydrogen) atoms. The van der Waals surface area contributed by atoms with Crippen LogP contribution < -0.4 is 4.90 Å². The summed E-state index contributed by atoms with van der Waals surface area (Å²) in [6, 6.07) is 52.9. The van der Waals surface area contributed by atoms with Crippen LogP contribution in [0.5, 0.6) is 0 Å². The second-order valence-electron chi connectivity index (χ2n) is 19.2. The molecule has 0 radical (unpaired) electrons. The molecule has 0 bridgehead atoms. The molecule has 0 unspecified atom stereocenters. The Morgan fingerprint density at radius 2 is 0.857 bits per heavy atom. The molecule has 1 aliphatic carbocycles. The summed E-state index contributed by atoms with van der Waals surface area (Å²) in [6.07, 6.45) is 0. The Balaban J connectivity index is 0.961. The fraction of sp³-hybridized carbons (Fsp3) is 0.0137. The lowest BCUT2D eigenvalue weighted by atomic mass is 9.68. The molecule has 0 aliphatic heterocycles. The van der Waals surface area contributed by atoms with Gasteiger partial charge in [-0.2, -0.15) is 0 Å². The van der Waals surface area contributed by atoms with Gasteiger partial charge in [0, 0.05) is 66.1 Å². The quantitative estimate of drug-likeness (QED) is 0.152. The van der Waals surface area contributed by atoms with Crippen molar-refractivity contribution in [2.24, 2.45) is 0 Å². The molecular weight excluding hydrogens is 937 g/mol. The van der Waals surface area contributed by atoms with E-state index in [9.17, 15) is 11.0 Å². The van der Waals surface area contributed by atoms with Crippen LogP contribution in [0.15, 0.2) is 288 Å². The molecule has 1 aliphatic rings. The van der Waals surface area contributed by atoms with E-state index in [0.717, 1.165) is 88.3 Å². The number of nitrogens with zero attached hydrogens (tertiary/aromatic N) is 2. The number of rotatable bonds is 8. The number of aromatic nitrogens is 1. The summed E-state index contributed by atoms with van der Waals surface area (Å²) < 4.78 is 146. The van der Waals surface area contributed by atoms with Gasteiger partial charge in [-0.15, -0.1) is 0 Å². The predicted molar refractivity (Wildman–Crippen MR) is 318 cm³/mol. The summed E-state index contributed by atoms with van der Waals surface area (Å²) in [4.78, 5) is 2.14. The van der Waals surface area contributed by atoms with Crippen molar-refractivity contribution in [2.75, 3.05) is 4.90 Å². The fourth-order valence-electron chi connectivity index (χ4n) is 12.1. The molecule has 3 heterocycles. The molecule has 4 heteroatoms. The largest absolute Gasteiger partial charge is 0.455 e. The number of para-hydroxylation sites is 5. The van der Waals surface area contributed by atoms with Gasteiger partial charge in [-0.1, -0.05) is 218 Å². The lowest BCUT2D eigenvalue weighted by molar-refractivity contribution is 0.669. The Labute approximate surface area is 464 Å². The standard InChI is InChI=1S/C73H46N2O2/c1-3-18-49(19-4-1)73(50-20-5-2-6-21-50)63-30-11-7-25-62(63)70-64(73)31-17-33-66(70)75-65-32-12-8-22-56(65)57-45-44-53(46-67(57)75)74(51-40-36-47(37-41-51)54-26-15-28-60-58-23-9-13-34-68(58)76-71(54)60)52-42-38-48(39-43-52)55-27-16-29-61-59-24-10-14-35-69(59)77-72(55)61/h1-46H/i1D,2D,3D,4D,5D,6D,7D,11D,18D,19D,20D,21D,25D,30D. The Kier molecular flexibility index (Phi) is 6.94. The SMILES string of the molecule is [2H]c1c([2H])c([2H])c(C2(c3c([2H])c([2H])c([2H])c([2H])c3[2H])c3cccc(-n4c5ccccc5c5ccc(N(c6ccc(-c7cccc8c7oc7ccccc78)cc6)c6ccc(-c7cccc8c7oc7ccccc78)cc6)cc54)c3-c3c([2H])c([2H])c([2H])c([2H])c32)c([2H])c1[2H]. The maximum atomic E-state index is 9.89. The van der Waals surface area contributed by atoms with Gasteiger partial charge in [-0.3, -0.25) is 0 Å². The van der Waals surface area contributed by atoms with Crippen LogP contribution in [-0.4, -0.2) is 4.57 Å². The maximum absolute atomic E-state index is 9.89. The zero-order valence-corrected chi connectivity index (χ0v) is 40.7. The van der Waals surface area contributed by atoms with Crippen molar-refractivity contribution < 1.29 is 28.0 Å². The minimum absolute atomic E-state index is 0.00429. The Morgan fingerprint density at radius 1 is 0.364 bits per heavy atom. The highest BCUT2D eigenvalue weighted by atomic mass is 16.3.